The molecule has 4 nitrogen and oxygen atoms in total. The Labute approximate surface area is 131 Å². The van der Waals surface area contributed by atoms with Gasteiger partial charge in [0.2, 0.25) is 0 Å². The van der Waals surface area contributed by atoms with E-state index in [9.17, 15) is 0 Å². The predicted molar refractivity (Wildman–Crippen MR) is 87.5 cm³/mol. The van der Waals surface area contributed by atoms with Crippen LogP contribution in [0.5, 0.6) is 11.5 Å². The summed E-state index contributed by atoms with van der Waals surface area (Å²) >= 11 is 0. The van der Waals surface area contributed by atoms with E-state index in [2.05, 4.69) is 34.9 Å². The van der Waals surface area contributed by atoms with Crippen molar-refractivity contribution in [1.82, 2.24) is 10.6 Å². The molecule has 0 amide bonds. The molecule has 0 spiro atoms. The van der Waals surface area contributed by atoms with Gasteiger partial charge in [-0.3, -0.25) is 0 Å². The highest BCUT2D eigenvalue weighted by Crippen LogP contribution is 2.32. The van der Waals surface area contributed by atoms with Crippen molar-refractivity contribution in [1.29, 1.82) is 0 Å². The fourth-order valence-electron chi connectivity index (χ4n) is 2.93. The number of benzene rings is 2. The highest BCUT2D eigenvalue weighted by atomic mass is 16.5. The number of ether oxygens (including phenoxy) is 2. The molecule has 1 aliphatic rings. The summed E-state index contributed by atoms with van der Waals surface area (Å²) in [6, 6.07) is 17.0. The van der Waals surface area contributed by atoms with Crippen LogP contribution < -0.4 is 20.1 Å². The Morgan fingerprint density at radius 1 is 0.682 bits per heavy atom. The first kappa shape index (κ1) is 14.9. The van der Waals surface area contributed by atoms with Crippen LogP contribution >= 0.6 is 0 Å². The van der Waals surface area contributed by atoms with Gasteiger partial charge in [-0.1, -0.05) is 24.3 Å². The topological polar surface area (TPSA) is 42.5 Å². The zero-order chi connectivity index (χ0) is 15.4. The van der Waals surface area contributed by atoms with E-state index in [1.165, 1.54) is 11.1 Å². The van der Waals surface area contributed by atoms with Gasteiger partial charge in [-0.05, 0) is 35.4 Å². The zero-order valence-electron chi connectivity index (χ0n) is 13.0. The lowest BCUT2D eigenvalue weighted by Crippen LogP contribution is -2.45. The molecule has 2 aromatic rings. The third kappa shape index (κ3) is 3.08. The van der Waals surface area contributed by atoms with Crippen LogP contribution in [0.2, 0.25) is 0 Å². The first-order chi connectivity index (χ1) is 10.8. The average molecular weight is 298 g/mol. The Morgan fingerprint density at radius 2 is 1.05 bits per heavy atom. The first-order valence-corrected chi connectivity index (χ1v) is 7.56. The lowest BCUT2D eigenvalue weighted by atomic mass is 9.91. The summed E-state index contributed by atoms with van der Waals surface area (Å²) in [7, 11) is 3.38. The first-order valence-electron chi connectivity index (χ1n) is 7.56. The zero-order valence-corrected chi connectivity index (χ0v) is 13.0. The van der Waals surface area contributed by atoms with Crippen LogP contribution in [-0.4, -0.2) is 27.3 Å². The van der Waals surface area contributed by atoms with E-state index in [1.807, 2.05) is 24.3 Å². The van der Waals surface area contributed by atoms with Gasteiger partial charge < -0.3 is 20.1 Å². The monoisotopic (exact) mass is 298 g/mol. The summed E-state index contributed by atoms with van der Waals surface area (Å²) in [5.41, 5.74) is 2.52. The van der Waals surface area contributed by atoms with Gasteiger partial charge in [-0.15, -0.1) is 0 Å². The third-order valence-electron chi connectivity index (χ3n) is 4.14. The van der Waals surface area contributed by atoms with Crippen LogP contribution in [0.15, 0.2) is 48.5 Å². The lowest BCUT2D eigenvalue weighted by Gasteiger charge is -2.34. The van der Waals surface area contributed by atoms with Crippen LogP contribution in [0.4, 0.5) is 0 Å². The number of hydrogen-bond donors (Lipinski definition) is 2. The van der Waals surface area contributed by atoms with Gasteiger partial charge in [-0.25, -0.2) is 0 Å². The summed E-state index contributed by atoms with van der Waals surface area (Å²) < 4.78 is 10.5. The molecule has 0 aromatic heterocycles. The molecule has 1 fully saturated rings. The van der Waals surface area contributed by atoms with E-state index in [0.29, 0.717) is 0 Å². The van der Waals surface area contributed by atoms with Gasteiger partial charge in [0.15, 0.2) is 0 Å². The summed E-state index contributed by atoms with van der Waals surface area (Å²) in [5, 5.41) is 7.23. The van der Waals surface area contributed by atoms with Gasteiger partial charge >= 0.3 is 0 Å². The smallest absolute Gasteiger partial charge is 0.118 e. The van der Waals surface area contributed by atoms with E-state index in [-0.39, 0.29) is 12.1 Å². The van der Waals surface area contributed by atoms with E-state index < -0.39 is 0 Å². The minimum atomic E-state index is 0.244. The van der Waals surface area contributed by atoms with E-state index in [4.69, 9.17) is 9.47 Å². The molecule has 4 heteroatoms. The fourth-order valence-corrected chi connectivity index (χ4v) is 2.93. The Hall–Kier alpha value is -2.04. The second-order valence-electron chi connectivity index (χ2n) is 5.41. The Morgan fingerprint density at radius 3 is 1.36 bits per heavy atom. The molecule has 2 N–H and O–H groups in total. The maximum absolute atomic E-state index is 5.24. The highest BCUT2D eigenvalue weighted by molar-refractivity contribution is 5.35. The minimum Gasteiger partial charge on any atom is -0.497 e. The Balaban J connectivity index is 1.86. The molecule has 1 saturated heterocycles. The second-order valence-corrected chi connectivity index (χ2v) is 5.41. The number of hydrogen-bond acceptors (Lipinski definition) is 4. The lowest BCUT2D eigenvalue weighted by molar-refractivity contribution is 0.332. The number of rotatable bonds is 4. The van der Waals surface area contributed by atoms with E-state index in [0.717, 1.165) is 24.6 Å². The summed E-state index contributed by atoms with van der Waals surface area (Å²) in [6.45, 7) is 1.92. The molecule has 1 aliphatic heterocycles. The van der Waals surface area contributed by atoms with Crippen molar-refractivity contribution < 1.29 is 9.47 Å². The van der Waals surface area contributed by atoms with Crippen molar-refractivity contribution in [3.63, 3.8) is 0 Å². The standard InChI is InChI=1S/C18H22N2O2/c1-21-15-7-3-13(4-8-15)17-18(20-12-11-19-17)14-5-9-16(22-2)10-6-14/h3-10,17-20H,11-12H2,1-2H3/t17-,18-/m0/s1. The predicted octanol–water partition coefficient (Wildman–Crippen LogP) is 2.68. The Kier molecular flexibility index (Phi) is 4.61. The normalized spacial score (nSPS) is 21.4. The van der Waals surface area contributed by atoms with Crippen molar-refractivity contribution in [3.05, 3.63) is 59.7 Å². The quantitative estimate of drug-likeness (QED) is 0.911. The van der Waals surface area contributed by atoms with E-state index >= 15 is 0 Å². The maximum Gasteiger partial charge on any atom is 0.118 e. The van der Waals surface area contributed by atoms with Crippen molar-refractivity contribution >= 4 is 0 Å². The molecular weight excluding hydrogens is 276 g/mol. The fraction of sp³-hybridized carbons (Fsp3) is 0.333. The molecule has 1 heterocycles. The Bertz CT molecular complexity index is 540. The van der Waals surface area contributed by atoms with Crippen molar-refractivity contribution in [2.45, 2.75) is 12.1 Å². The highest BCUT2D eigenvalue weighted by Gasteiger charge is 2.27. The van der Waals surface area contributed by atoms with Crippen LogP contribution in [0, 0.1) is 0 Å². The number of piperazine rings is 1. The number of nitrogens with one attached hydrogen (secondary N) is 2. The van der Waals surface area contributed by atoms with Crippen molar-refractivity contribution in [2.75, 3.05) is 27.3 Å². The van der Waals surface area contributed by atoms with Crippen molar-refractivity contribution in [3.8, 4) is 11.5 Å². The second kappa shape index (κ2) is 6.81. The largest absolute Gasteiger partial charge is 0.497 e. The molecule has 2 atom stereocenters. The summed E-state index contributed by atoms with van der Waals surface area (Å²) in [4.78, 5) is 0. The van der Waals surface area contributed by atoms with Gasteiger partial charge in [0.05, 0.1) is 26.3 Å². The summed E-state index contributed by atoms with van der Waals surface area (Å²) in [6.07, 6.45) is 0. The van der Waals surface area contributed by atoms with Gasteiger partial charge in [0, 0.05) is 13.1 Å². The van der Waals surface area contributed by atoms with Gasteiger partial charge in [0.1, 0.15) is 11.5 Å². The van der Waals surface area contributed by atoms with Crippen LogP contribution in [0.3, 0.4) is 0 Å². The molecule has 2 aromatic carbocycles. The van der Waals surface area contributed by atoms with Crippen molar-refractivity contribution in [2.24, 2.45) is 0 Å². The summed E-state index contributed by atoms with van der Waals surface area (Å²) in [5.74, 6) is 1.77. The molecule has 0 bridgehead atoms. The minimum absolute atomic E-state index is 0.244. The van der Waals surface area contributed by atoms with Gasteiger partial charge in [-0.2, -0.15) is 0 Å². The van der Waals surface area contributed by atoms with Crippen LogP contribution in [0.1, 0.15) is 23.2 Å². The van der Waals surface area contributed by atoms with E-state index in [1.54, 1.807) is 14.2 Å². The molecule has 0 saturated carbocycles. The average Bonchev–Trinajstić information content (AvgIpc) is 2.62. The molecule has 22 heavy (non-hydrogen) atoms. The SMILES string of the molecule is COc1ccc([C@@H]2NCCN[C@H]2c2ccc(OC)cc2)cc1. The molecule has 0 aliphatic carbocycles. The van der Waals surface area contributed by atoms with Crippen LogP contribution in [0.25, 0.3) is 0 Å². The third-order valence-corrected chi connectivity index (χ3v) is 4.14. The molecular formula is C18H22N2O2. The maximum atomic E-state index is 5.24. The molecule has 0 unspecified atom stereocenters. The molecule has 116 valence electrons. The number of methoxy groups -OCH3 is 2. The molecule has 3 rings (SSSR count). The van der Waals surface area contributed by atoms with Crippen LogP contribution in [-0.2, 0) is 0 Å². The molecule has 0 radical (unpaired) electrons. The van der Waals surface area contributed by atoms with Gasteiger partial charge in [0.25, 0.3) is 0 Å².